The van der Waals surface area contributed by atoms with Gasteiger partial charge in [0.2, 0.25) is 0 Å². The number of ether oxygens (including phenoxy) is 1. The zero-order chi connectivity index (χ0) is 14.1. The number of carbonyl (C=O) groups excluding carboxylic acids is 1. The molecule has 4 heteroatoms. The third-order valence-electron chi connectivity index (χ3n) is 3.37. The van der Waals surface area contributed by atoms with Crippen LogP contribution < -0.4 is 4.74 Å². The Morgan fingerprint density at radius 2 is 2.20 bits per heavy atom. The first-order valence-corrected chi connectivity index (χ1v) is 6.90. The Morgan fingerprint density at radius 1 is 1.35 bits per heavy atom. The Balaban J connectivity index is 1.90. The quantitative estimate of drug-likeness (QED) is 0.812. The molecular weight excluding hydrogens is 274 g/mol. The highest BCUT2D eigenvalue weighted by atomic mass is 35.5. The predicted molar refractivity (Wildman–Crippen MR) is 77.7 cm³/mol. The van der Waals surface area contributed by atoms with E-state index in [0.29, 0.717) is 17.2 Å². The van der Waals surface area contributed by atoms with E-state index < -0.39 is 0 Å². The van der Waals surface area contributed by atoms with Crippen molar-refractivity contribution >= 4 is 17.4 Å². The monoisotopic (exact) mass is 287 g/mol. The van der Waals surface area contributed by atoms with Crippen LogP contribution in [0.2, 0.25) is 5.02 Å². The van der Waals surface area contributed by atoms with Crippen molar-refractivity contribution in [3.8, 4) is 5.75 Å². The Hall–Kier alpha value is -1.87. The molecule has 1 aromatic heterocycles. The summed E-state index contributed by atoms with van der Waals surface area (Å²) in [5, 5.41) is 0.652. The molecule has 0 fully saturated rings. The molecular formula is C16H14ClNO2. The van der Waals surface area contributed by atoms with Gasteiger partial charge in [0.1, 0.15) is 5.75 Å². The van der Waals surface area contributed by atoms with Gasteiger partial charge in [-0.25, -0.2) is 0 Å². The predicted octanol–water partition coefficient (Wildman–Crippen LogP) is 3.40. The maximum Gasteiger partial charge on any atom is 0.168 e. The maximum atomic E-state index is 12.3. The smallest absolute Gasteiger partial charge is 0.168 e. The van der Waals surface area contributed by atoms with Crippen molar-refractivity contribution < 1.29 is 9.53 Å². The number of nitrogens with zero attached hydrogens (tertiary/aromatic N) is 1. The summed E-state index contributed by atoms with van der Waals surface area (Å²) in [4.78, 5) is 16.4. The summed E-state index contributed by atoms with van der Waals surface area (Å²) in [5.74, 6) is 0.851. The molecule has 3 rings (SSSR count). The maximum absolute atomic E-state index is 12.3. The minimum Gasteiger partial charge on any atom is -0.493 e. The van der Waals surface area contributed by atoms with Crippen LogP contribution in [0.1, 0.15) is 27.0 Å². The lowest BCUT2D eigenvalue weighted by molar-refractivity contribution is 0.0991. The Kier molecular flexibility index (Phi) is 3.45. The molecule has 102 valence electrons. The summed E-state index contributed by atoms with van der Waals surface area (Å²) in [5.41, 5.74) is 3.54. The molecule has 2 heterocycles. The van der Waals surface area contributed by atoms with Gasteiger partial charge < -0.3 is 4.74 Å². The number of hydrogen-bond donors (Lipinski definition) is 0. The summed E-state index contributed by atoms with van der Waals surface area (Å²) in [6.07, 6.45) is 4.47. The molecule has 0 saturated heterocycles. The molecule has 0 N–H and O–H groups in total. The van der Waals surface area contributed by atoms with Crippen molar-refractivity contribution in [1.82, 2.24) is 4.98 Å². The molecule has 1 aromatic carbocycles. The normalized spacial score (nSPS) is 12.9. The number of aromatic nitrogens is 1. The van der Waals surface area contributed by atoms with E-state index in [0.717, 1.165) is 28.9 Å². The van der Waals surface area contributed by atoms with Crippen molar-refractivity contribution in [2.24, 2.45) is 0 Å². The van der Waals surface area contributed by atoms with Gasteiger partial charge in [-0.2, -0.15) is 0 Å². The number of halogens is 1. The number of pyridine rings is 1. The average molecular weight is 288 g/mol. The second-order valence-corrected chi connectivity index (χ2v) is 5.44. The summed E-state index contributed by atoms with van der Waals surface area (Å²) in [6.45, 7) is 2.58. The molecule has 0 amide bonds. The van der Waals surface area contributed by atoms with Crippen LogP contribution in [0, 0.1) is 6.92 Å². The van der Waals surface area contributed by atoms with Gasteiger partial charge in [0.15, 0.2) is 5.78 Å². The van der Waals surface area contributed by atoms with E-state index in [2.05, 4.69) is 4.98 Å². The van der Waals surface area contributed by atoms with Gasteiger partial charge in [-0.15, -0.1) is 0 Å². The lowest BCUT2D eigenvalue weighted by atomic mass is 10.0. The van der Waals surface area contributed by atoms with Crippen molar-refractivity contribution in [3.05, 3.63) is 57.9 Å². The number of aryl methyl sites for hydroxylation is 1. The fourth-order valence-electron chi connectivity index (χ4n) is 2.46. The molecule has 0 bridgehead atoms. The zero-order valence-corrected chi connectivity index (χ0v) is 11.9. The first-order valence-electron chi connectivity index (χ1n) is 6.52. The third-order valence-corrected chi connectivity index (χ3v) is 3.59. The number of Topliss-reactive ketones (excluding diaryl/α,β-unsaturated/α-hetero) is 1. The number of rotatable bonds is 3. The van der Waals surface area contributed by atoms with E-state index in [9.17, 15) is 4.79 Å². The average Bonchev–Trinajstić information content (AvgIpc) is 2.86. The second kappa shape index (κ2) is 5.25. The number of ketones is 1. The standard InChI is InChI=1S/C16H14ClNO2/c1-10-4-13(9-18-8-10)15(19)7-12-6-14(17)5-11-2-3-20-16(11)12/h4-6,8-9H,2-3,7H2,1H3. The highest BCUT2D eigenvalue weighted by Crippen LogP contribution is 2.33. The molecule has 3 nitrogen and oxygen atoms in total. The van der Waals surface area contributed by atoms with Gasteiger partial charge in [0.25, 0.3) is 0 Å². The van der Waals surface area contributed by atoms with E-state index in [1.54, 1.807) is 12.4 Å². The molecule has 1 aliphatic heterocycles. The van der Waals surface area contributed by atoms with Crippen molar-refractivity contribution in [1.29, 1.82) is 0 Å². The largest absolute Gasteiger partial charge is 0.493 e. The number of hydrogen-bond acceptors (Lipinski definition) is 3. The molecule has 2 aromatic rings. The first kappa shape index (κ1) is 13.1. The fourth-order valence-corrected chi connectivity index (χ4v) is 2.72. The lowest BCUT2D eigenvalue weighted by Gasteiger charge is -2.08. The van der Waals surface area contributed by atoms with E-state index in [1.165, 1.54) is 0 Å². The number of carbonyl (C=O) groups is 1. The minimum atomic E-state index is 0.0289. The zero-order valence-electron chi connectivity index (χ0n) is 11.1. The topological polar surface area (TPSA) is 39.2 Å². The number of fused-ring (bicyclic) bond motifs is 1. The van der Waals surface area contributed by atoms with E-state index >= 15 is 0 Å². The SMILES string of the molecule is Cc1cncc(C(=O)Cc2cc(Cl)cc3c2OCC3)c1. The van der Waals surface area contributed by atoms with E-state index in [1.807, 2.05) is 25.1 Å². The van der Waals surface area contributed by atoms with E-state index in [-0.39, 0.29) is 12.2 Å². The Bertz CT molecular complexity index is 682. The highest BCUT2D eigenvalue weighted by molar-refractivity contribution is 6.30. The molecule has 0 aliphatic carbocycles. The second-order valence-electron chi connectivity index (χ2n) is 5.00. The van der Waals surface area contributed by atoms with Gasteiger partial charge in [0.05, 0.1) is 6.61 Å². The van der Waals surface area contributed by atoms with Crippen LogP contribution in [0.3, 0.4) is 0 Å². The van der Waals surface area contributed by atoms with Crippen LogP contribution in [-0.2, 0) is 12.8 Å². The highest BCUT2D eigenvalue weighted by Gasteiger charge is 2.20. The molecule has 20 heavy (non-hydrogen) atoms. The summed E-state index contributed by atoms with van der Waals surface area (Å²) >= 11 is 6.10. The van der Waals surface area contributed by atoms with E-state index in [4.69, 9.17) is 16.3 Å². The first-order chi connectivity index (χ1) is 9.63. The summed E-state index contributed by atoms with van der Waals surface area (Å²) < 4.78 is 5.62. The molecule has 0 spiro atoms. The Labute approximate surface area is 122 Å². The molecule has 1 aliphatic rings. The minimum absolute atomic E-state index is 0.0289. The molecule has 0 unspecified atom stereocenters. The van der Waals surface area contributed by atoms with Gasteiger partial charge in [-0.3, -0.25) is 9.78 Å². The van der Waals surface area contributed by atoms with Gasteiger partial charge in [-0.1, -0.05) is 11.6 Å². The van der Waals surface area contributed by atoms with Crippen molar-refractivity contribution in [2.45, 2.75) is 19.8 Å². The van der Waals surface area contributed by atoms with Gasteiger partial charge in [-0.05, 0) is 36.2 Å². The Morgan fingerprint density at radius 3 is 3.00 bits per heavy atom. The van der Waals surface area contributed by atoms with Crippen LogP contribution in [0.4, 0.5) is 0 Å². The fraction of sp³-hybridized carbons (Fsp3) is 0.250. The number of benzene rings is 1. The van der Waals surface area contributed by atoms with Gasteiger partial charge >= 0.3 is 0 Å². The molecule has 0 saturated carbocycles. The summed E-state index contributed by atoms with van der Waals surface area (Å²) in [6, 6.07) is 5.57. The van der Waals surface area contributed by atoms with Crippen molar-refractivity contribution in [2.75, 3.05) is 6.61 Å². The van der Waals surface area contributed by atoms with Crippen LogP contribution in [0.5, 0.6) is 5.75 Å². The van der Waals surface area contributed by atoms with Crippen LogP contribution in [-0.4, -0.2) is 17.4 Å². The van der Waals surface area contributed by atoms with Crippen LogP contribution >= 0.6 is 11.6 Å². The third kappa shape index (κ3) is 2.54. The van der Waals surface area contributed by atoms with Gasteiger partial charge in [0, 0.05) is 41.4 Å². The van der Waals surface area contributed by atoms with Crippen LogP contribution in [0.15, 0.2) is 30.6 Å². The summed E-state index contributed by atoms with van der Waals surface area (Å²) in [7, 11) is 0. The van der Waals surface area contributed by atoms with Crippen LogP contribution in [0.25, 0.3) is 0 Å². The molecule has 0 radical (unpaired) electrons. The lowest BCUT2D eigenvalue weighted by Crippen LogP contribution is -2.06. The van der Waals surface area contributed by atoms with Crippen molar-refractivity contribution in [3.63, 3.8) is 0 Å². The molecule has 0 atom stereocenters.